The first kappa shape index (κ1) is 14.3. The molecule has 20 heavy (non-hydrogen) atoms. The summed E-state index contributed by atoms with van der Waals surface area (Å²) in [7, 11) is 3.64. The van der Waals surface area contributed by atoms with E-state index in [0.29, 0.717) is 17.2 Å². The van der Waals surface area contributed by atoms with E-state index in [0.717, 1.165) is 17.1 Å². The predicted molar refractivity (Wildman–Crippen MR) is 85.2 cm³/mol. The second-order valence-electron chi connectivity index (χ2n) is 4.41. The van der Waals surface area contributed by atoms with Crippen molar-refractivity contribution in [3.63, 3.8) is 0 Å². The van der Waals surface area contributed by atoms with Gasteiger partial charge >= 0.3 is 0 Å². The van der Waals surface area contributed by atoms with Crippen LogP contribution in [0.15, 0.2) is 42.5 Å². The molecular weight excluding hydrogens is 270 g/mol. The van der Waals surface area contributed by atoms with Gasteiger partial charge in [0.05, 0.1) is 12.8 Å². The van der Waals surface area contributed by atoms with Crippen molar-refractivity contribution in [2.45, 2.75) is 6.54 Å². The molecular formula is C15H17N3OS. The number of thiocarbonyl (C=S) groups is 1. The Morgan fingerprint density at radius 2 is 2.00 bits per heavy atom. The molecule has 0 aliphatic carbocycles. The first-order valence-corrected chi connectivity index (χ1v) is 6.62. The van der Waals surface area contributed by atoms with Crippen LogP contribution in [-0.2, 0) is 6.54 Å². The zero-order valence-electron chi connectivity index (χ0n) is 11.5. The molecule has 0 aliphatic rings. The number of nitrogens with two attached hydrogens (primary N) is 1. The Labute approximate surface area is 124 Å². The number of benzene rings is 1. The quantitative estimate of drug-likeness (QED) is 0.856. The van der Waals surface area contributed by atoms with Crippen molar-refractivity contribution in [3.05, 3.63) is 53.7 Å². The highest BCUT2D eigenvalue weighted by Crippen LogP contribution is 2.21. The Morgan fingerprint density at radius 1 is 1.25 bits per heavy atom. The van der Waals surface area contributed by atoms with E-state index in [4.69, 9.17) is 22.7 Å². The molecule has 4 nitrogen and oxygen atoms in total. The smallest absolute Gasteiger partial charge is 0.129 e. The third-order valence-corrected chi connectivity index (χ3v) is 3.19. The summed E-state index contributed by atoms with van der Waals surface area (Å²) in [6, 6.07) is 13.6. The first-order chi connectivity index (χ1) is 9.61. The Bertz CT molecular complexity index is 616. The van der Waals surface area contributed by atoms with Crippen LogP contribution in [0.25, 0.3) is 0 Å². The molecule has 0 saturated carbocycles. The van der Waals surface area contributed by atoms with Gasteiger partial charge in [0.2, 0.25) is 0 Å². The average molecular weight is 287 g/mol. The monoisotopic (exact) mass is 287 g/mol. The van der Waals surface area contributed by atoms with E-state index in [9.17, 15) is 0 Å². The van der Waals surface area contributed by atoms with Gasteiger partial charge in [-0.2, -0.15) is 0 Å². The summed E-state index contributed by atoms with van der Waals surface area (Å²) in [5, 5.41) is 0. The van der Waals surface area contributed by atoms with Gasteiger partial charge in [0.15, 0.2) is 0 Å². The number of rotatable bonds is 5. The molecule has 0 amide bonds. The molecule has 1 aromatic carbocycles. The summed E-state index contributed by atoms with van der Waals surface area (Å²) < 4.78 is 5.36. The molecule has 104 valence electrons. The molecule has 2 aromatic rings. The number of pyridine rings is 1. The molecule has 0 fully saturated rings. The van der Waals surface area contributed by atoms with Crippen LogP contribution in [-0.4, -0.2) is 24.1 Å². The minimum absolute atomic E-state index is 0.303. The van der Waals surface area contributed by atoms with E-state index in [2.05, 4.69) is 4.98 Å². The van der Waals surface area contributed by atoms with Gasteiger partial charge in [-0.15, -0.1) is 0 Å². The maximum absolute atomic E-state index is 5.61. The number of hydrogen-bond donors (Lipinski definition) is 1. The van der Waals surface area contributed by atoms with Crippen LogP contribution >= 0.6 is 12.2 Å². The van der Waals surface area contributed by atoms with E-state index in [1.165, 1.54) is 0 Å². The molecule has 0 spiro atoms. The molecule has 0 radical (unpaired) electrons. The summed E-state index contributed by atoms with van der Waals surface area (Å²) in [5.74, 6) is 1.69. The number of nitrogens with zero attached hydrogens (tertiary/aromatic N) is 2. The van der Waals surface area contributed by atoms with Crippen LogP contribution in [0.4, 0.5) is 5.82 Å². The molecule has 1 heterocycles. The highest BCUT2D eigenvalue weighted by molar-refractivity contribution is 7.80. The lowest BCUT2D eigenvalue weighted by atomic mass is 10.2. The maximum Gasteiger partial charge on any atom is 0.129 e. The van der Waals surface area contributed by atoms with Gasteiger partial charge in [0.1, 0.15) is 16.6 Å². The summed E-state index contributed by atoms with van der Waals surface area (Å²) in [5.41, 5.74) is 7.34. The van der Waals surface area contributed by atoms with Crippen molar-refractivity contribution in [1.29, 1.82) is 0 Å². The Balaban J connectivity index is 2.21. The fraction of sp³-hybridized carbons (Fsp3) is 0.200. The van der Waals surface area contributed by atoms with Gasteiger partial charge in [0.25, 0.3) is 0 Å². The van der Waals surface area contributed by atoms with Crippen LogP contribution in [0.3, 0.4) is 0 Å². The van der Waals surface area contributed by atoms with Crippen LogP contribution in [0.5, 0.6) is 5.75 Å². The average Bonchev–Trinajstić information content (AvgIpc) is 2.48. The zero-order chi connectivity index (χ0) is 14.5. The van der Waals surface area contributed by atoms with Gasteiger partial charge < -0.3 is 15.4 Å². The summed E-state index contributed by atoms with van der Waals surface area (Å²) in [6.45, 7) is 0.692. The van der Waals surface area contributed by atoms with Crippen molar-refractivity contribution in [2.24, 2.45) is 5.73 Å². The van der Waals surface area contributed by atoms with Crippen molar-refractivity contribution in [2.75, 3.05) is 19.1 Å². The number of anilines is 1. The number of para-hydroxylation sites is 1. The maximum atomic E-state index is 5.61. The molecule has 0 atom stereocenters. The van der Waals surface area contributed by atoms with Crippen LogP contribution in [0.2, 0.25) is 0 Å². The highest BCUT2D eigenvalue weighted by Gasteiger charge is 2.08. The molecule has 2 rings (SSSR count). The summed E-state index contributed by atoms with van der Waals surface area (Å²) in [4.78, 5) is 6.77. The predicted octanol–water partition coefficient (Wildman–Crippen LogP) is 2.36. The van der Waals surface area contributed by atoms with Crippen LogP contribution in [0, 0.1) is 0 Å². The Morgan fingerprint density at radius 3 is 2.70 bits per heavy atom. The molecule has 5 heteroatoms. The SMILES string of the molecule is COc1ccccc1CN(C)c1cccc(C(N)=S)n1. The summed E-state index contributed by atoms with van der Waals surface area (Å²) in [6.07, 6.45) is 0. The molecule has 0 saturated heterocycles. The molecule has 0 bridgehead atoms. The topological polar surface area (TPSA) is 51.4 Å². The van der Waals surface area contributed by atoms with Crippen molar-refractivity contribution >= 4 is 23.0 Å². The van der Waals surface area contributed by atoms with Crippen molar-refractivity contribution in [1.82, 2.24) is 4.98 Å². The standard InChI is InChI=1S/C15H17N3OS/c1-18(10-11-6-3-4-8-13(11)19-2)14-9-5-7-12(17-14)15(16)20/h3-9H,10H2,1-2H3,(H2,16,20). The highest BCUT2D eigenvalue weighted by atomic mass is 32.1. The van der Waals surface area contributed by atoms with Gasteiger partial charge in [0, 0.05) is 19.2 Å². The van der Waals surface area contributed by atoms with Gasteiger partial charge in [-0.3, -0.25) is 0 Å². The second kappa shape index (κ2) is 6.34. The fourth-order valence-electron chi connectivity index (χ4n) is 1.94. The van der Waals surface area contributed by atoms with Gasteiger partial charge in [-0.25, -0.2) is 4.98 Å². The number of hydrogen-bond acceptors (Lipinski definition) is 4. The lowest BCUT2D eigenvalue weighted by Gasteiger charge is -2.20. The minimum Gasteiger partial charge on any atom is -0.496 e. The fourth-order valence-corrected chi connectivity index (χ4v) is 2.06. The first-order valence-electron chi connectivity index (χ1n) is 6.21. The molecule has 2 N–H and O–H groups in total. The van der Waals surface area contributed by atoms with Crippen LogP contribution in [0.1, 0.15) is 11.3 Å². The van der Waals surface area contributed by atoms with Crippen LogP contribution < -0.4 is 15.4 Å². The van der Waals surface area contributed by atoms with E-state index >= 15 is 0 Å². The van der Waals surface area contributed by atoms with Gasteiger partial charge in [-0.05, 0) is 18.2 Å². The Kier molecular flexibility index (Phi) is 4.53. The minimum atomic E-state index is 0.303. The molecule has 1 aromatic heterocycles. The van der Waals surface area contributed by atoms with Crippen molar-refractivity contribution in [3.8, 4) is 5.75 Å². The zero-order valence-corrected chi connectivity index (χ0v) is 12.4. The largest absolute Gasteiger partial charge is 0.496 e. The van der Waals surface area contributed by atoms with E-state index in [1.54, 1.807) is 7.11 Å². The number of methoxy groups -OCH3 is 1. The van der Waals surface area contributed by atoms with E-state index in [1.807, 2.05) is 54.4 Å². The van der Waals surface area contributed by atoms with Crippen molar-refractivity contribution < 1.29 is 4.74 Å². The van der Waals surface area contributed by atoms with Gasteiger partial charge in [-0.1, -0.05) is 36.5 Å². The molecule has 0 aliphatic heterocycles. The number of aromatic nitrogens is 1. The number of ether oxygens (including phenoxy) is 1. The lowest BCUT2D eigenvalue weighted by Crippen LogP contribution is -2.20. The normalized spacial score (nSPS) is 10.1. The van der Waals surface area contributed by atoms with E-state index < -0.39 is 0 Å². The third kappa shape index (κ3) is 3.24. The Hall–Kier alpha value is -2.14. The summed E-state index contributed by atoms with van der Waals surface area (Å²) >= 11 is 4.95. The third-order valence-electron chi connectivity index (χ3n) is 2.98. The van der Waals surface area contributed by atoms with E-state index in [-0.39, 0.29) is 0 Å². The molecule has 0 unspecified atom stereocenters. The lowest BCUT2D eigenvalue weighted by molar-refractivity contribution is 0.409. The second-order valence-corrected chi connectivity index (χ2v) is 4.85.